The number of allylic oxidation sites excluding steroid dienone is 3. The van der Waals surface area contributed by atoms with E-state index in [1.807, 2.05) is 6.08 Å². The third kappa shape index (κ3) is 63.5. The number of nitrogens with one attached hydrogen (secondary N) is 1. The van der Waals surface area contributed by atoms with Gasteiger partial charge in [-0.3, -0.25) is 9.59 Å². The van der Waals surface area contributed by atoms with Crippen molar-refractivity contribution in [1.29, 1.82) is 0 Å². The van der Waals surface area contributed by atoms with Crippen molar-refractivity contribution in [1.82, 2.24) is 5.32 Å². The largest absolute Gasteiger partial charge is 0.466 e. The maximum absolute atomic E-state index is 12.5. The molecule has 6 nitrogen and oxygen atoms in total. The molecule has 462 valence electrons. The zero-order valence-electron chi connectivity index (χ0n) is 52.9. The lowest BCUT2D eigenvalue weighted by atomic mass is 10.0. The first-order valence-corrected chi connectivity index (χ1v) is 35.6. The Bertz CT molecular complexity index is 1220. The predicted molar refractivity (Wildman–Crippen MR) is 343 cm³/mol. The van der Waals surface area contributed by atoms with E-state index in [1.54, 1.807) is 6.08 Å². The van der Waals surface area contributed by atoms with Gasteiger partial charge in [0.25, 0.3) is 0 Å². The zero-order chi connectivity index (χ0) is 56.4. The van der Waals surface area contributed by atoms with E-state index in [2.05, 4.69) is 31.3 Å². The Hall–Kier alpha value is -1.66. The third-order valence-electron chi connectivity index (χ3n) is 16.7. The Morgan fingerprint density at radius 1 is 0.346 bits per heavy atom. The van der Waals surface area contributed by atoms with Gasteiger partial charge in [-0.2, -0.15) is 0 Å². The van der Waals surface area contributed by atoms with E-state index in [1.165, 1.54) is 334 Å². The molecule has 0 spiro atoms. The second-order valence-electron chi connectivity index (χ2n) is 24.6. The average Bonchev–Trinajstić information content (AvgIpc) is 3.44. The predicted octanol–water partition coefficient (Wildman–Crippen LogP) is 22.9. The Morgan fingerprint density at radius 3 is 0.910 bits per heavy atom. The molecule has 0 bridgehead atoms. The Kier molecular flexibility index (Phi) is 66.4. The summed E-state index contributed by atoms with van der Waals surface area (Å²) in [5, 5.41) is 23.2. The van der Waals surface area contributed by atoms with E-state index in [9.17, 15) is 19.8 Å². The maximum Gasteiger partial charge on any atom is 0.305 e. The van der Waals surface area contributed by atoms with Crippen LogP contribution in [0.25, 0.3) is 0 Å². The second kappa shape index (κ2) is 67.8. The molecule has 2 unspecified atom stereocenters. The Balaban J connectivity index is 3.39. The van der Waals surface area contributed by atoms with Crippen molar-refractivity contribution in [2.45, 2.75) is 411 Å². The number of ether oxygens (including phenoxy) is 1. The van der Waals surface area contributed by atoms with Gasteiger partial charge in [-0.25, -0.2) is 0 Å². The first-order chi connectivity index (χ1) is 38.5. The molecule has 0 aromatic rings. The number of esters is 1. The summed E-state index contributed by atoms with van der Waals surface area (Å²) >= 11 is 0. The summed E-state index contributed by atoms with van der Waals surface area (Å²) < 4.78 is 5.48. The highest BCUT2D eigenvalue weighted by atomic mass is 16.5. The molecule has 0 saturated carbocycles. The van der Waals surface area contributed by atoms with Gasteiger partial charge in [0.1, 0.15) is 0 Å². The number of carbonyl (C=O) groups excluding carboxylic acids is 2. The lowest BCUT2D eigenvalue weighted by Gasteiger charge is -2.20. The number of aliphatic hydroxyl groups is 2. The van der Waals surface area contributed by atoms with Gasteiger partial charge < -0.3 is 20.3 Å². The van der Waals surface area contributed by atoms with Gasteiger partial charge in [-0.05, 0) is 57.8 Å². The van der Waals surface area contributed by atoms with Crippen LogP contribution in [0.4, 0.5) is 0 Å². The van der Waals surface area contributed by atoms with Crippen LogP contribution < -0.4 is 5.32 Å². The number of aliphatic hydroxyl groups excluding tert-OH is 2. The maximum atomic E-state index is 12.5. The summed E-state index contributed by atoms with van der Waals surface area (Å²) in [6.07, 6.45) is 85.5. The first kappa shape index (κ1) is 76.3. The van der Waals surface area contributed by atoms with Gasteiger partial charge in [0.15, 0.2) is 0 Å². The SMILES string of the molecule is CCCCCCCCCCCCCCCCCCC/C=C/C(O)C(CO)NC(=O)CCCCCCCCCCCCCCCC/C=C\CCCCCCCCCCCCCCOC(=O)CCCCCCCCCCCCCC. The average molecular weight is 1100 g/mol. The monoisotopic (exact) mass is 1100 g/mol. The van der Waals surface area contributed by atoms with Gasteiger partial charge in [0.2, 0.25) is 5.91 Å². The minimum Gasteiger partial charge on any atom is -0.466 e. The van der Waals surface area contributed by atoms with Crippen LogP contribution in [0.3, 0.4) is 0 Å². The number of rotatable bonds is 67. The van der Waals surface area contributed by atoms with Gasteiger partial charge in [0, 0.05) is 12.8 Å². The summed E-state index contributed by atoms with van der Waals surface area (Å²) in [6, 6.07) is -0.627. The number of hydrogen-bond acceptors (Lipinski definition) is 5. The highest BCUT2D eigenvalue weighted by Crippen LogP contribution is 2.19. The molecule has 0 aromatic heterocycles. The van der Waals surface area contributed by atoms with Gasteiger partial charge in [-0.1, -0.05) is 353 Å². The topological polar surface area (TPSA) is 95.9 Å². The van der Waals surface area contributed by atoms with E-state index >= 15 is 0 Å². The quantitative estimate of drug-likeness (QED) is 0.0320. The first-order valence-electron chi connectivity index (χ1n) is 35.6. The molecule has 0 rings (SSSR count). The van der Waals surface area contributed by atoms with Crippen molar-refractivity contribution in [2.75, 3.05) is 13.2 Å². The van der Waals surface area contributed by atoms with Crippen molar-refractivity contribution in [3.05, 3.63) is 24.3 Å². The fourth-order valence-electron chi connectivity index (χ4n) is 11.3. The highest BCUT2D eigenvalue weighted by molar-refractivity contribution is 5.76. The highest BCUT2D eigenvalue weighted by Gasteiger charge is 2.18. The third-order valence-corrected chi connectivity index (χ3v) is 16.7. The molecule has 1 amide bonds. The number of amides is 1. The smallest absolute Gasteiger partial charge is 0.305 e. The van der Waals surface area contributed by atoms with E-state index < -0.39 is 12.1 Å². The number of carbonyl (C=O) groups is 2. The standard InChI is InChI=1S/C72H139NO5/c1-3-5-7-9-11-13-15-17-18-19-32-35-38-41-44-48-52-56-60-64-70(75)69(68-74)73-71(76)65-61-57-53-49-45-42-39-36-33-30-28-26-24-22-20-21-23-25-27-29-31-34-37-40-43-47-51-55-59-63-67-78-72(77)66-62-58-54-50-46-16-14-12-10-8-6-4-2/h21,23,60,64,69-70,74-75H,3-20,22,24-59,61-63,65-68H2,1-2H3,(H,73,76)/b23-21-,64-60+. The van der Waals surface area contributed by atoms with E-state index in [0.717, 1.165) is 38.5 Å². The summed E-state index contributed by atoms with van der Waals surface area (Å²) in [6.45, 7) is 4.94. The lowest BCUT2D eigenvalue weighted by Crippen LogP contribution is -2.45. The number of unbranched alkanes of at least 4 members (excludes halogenated alkanes) is 54. The van der Waals surface area contributed by atoms with Crippen molar-refractivity contribution in [3.63, 3.8) is 0 Å². The van der Waals surface area contributed by atoms with Crippen LogP contribution >= 0.6 is 0 Å². The number of hydrogen-bond donors (Lipinski definition) is 3. The minimum atomic E-state index is -0.844. The molecule has 0 aliphatic rings. The van der Waals surface area contributed by atoms with Crippen LogP contribution in [0.2, 0.25) is 0 Å². The van der Waals surface area contributed by atoms with Crippen LogP contribution in [0.15, 0.2) is 24.3 Å². The fraction of sp³-hybridized carbons (Fsp3) is 0.917. The molecule has 0 aromatic carbocycles. The van der Waals surface area contributed by atoms with Crippen molar-refractivity contribution >= 4 is 11.9 Å². The van der Waals surface area contributed by atoms with E-state index in [0.29, 0.717) is 19.4 Å². The summed E-state index contributed by atoms with van der Waals surface area (Å²) in [5.41, 5.74) is 0. The lowest BCUT2D eigenvalue weighted by molar-refractivity contribution is -0.143. The van der Waals surface area contributed by atoms with Crippen LogP contribution in [0.5, 0.6) is 0 Å². The second-order valence-corrected chi connectivity index (χ2v) is 24.6. The molecule has 2 atom stereocenters. The van der Waals surface area contributed by atoms with Crippen LogP contribution in [-0.2, 0) is 14.3 Å². The van der Waals surface area contributed by atoms with Crippen molar-refractivity contribution in [2.24, 2.45) is 0 Å². The molecular formula is C72H139NO5. The molecule has 3 N–H and O–H groups in total. The zero-order valence-corrected chi connectivity index (χ0v) is 52.9. The van der Waals surface area contributed by atoms with Gasteiger partial charge in [-0.15, -0.1) is 0 Å². The molecule has 0 radical (unpaired) electrons. The van der Waals surface area contributed by atoms with Gasteiger partial charge >= 0.3 is 5.97 Å². The van der Waals surface area contributed by atoms with Crippen LogP contribution in [0, 0.1) is 0 Å². The summed E-state index contributed by atoms with van der Waals surface area (Å²) in [5.74, 6) is -0.0446. The van der Waals surface area contributed by atoms with Crippen LogP contribution in [-0.4, -0.2) is 47.4 Å². The molecule has 0 fully saturated rings. The van der Waals surface area contributed by atoms with Crippen molar-refractivity contribution < 1.29 is 24.5 Å². The Morgan fingerprint density at radius 2 is 0.603 bits per heavy atom. The Labute approximate surface area is 488 Å². The molecule has 0 heterocycles. The molecule has 6 heteroatoms. The molecular weight excluding hydrogens is 959 g/mol. The summed E-state index contributed by atoms with van der Waals surface area (Å²) in [4.78, 5) is 24.5. The van der Waals surface area contributed by atoms with Crippen LogP contribution in [0.1, 0.15) is 399 Å². The fourth-order valence-corrected chi connectivity index (χ4v) is 11.3. The summed E-state index contributed by atoms with van der Waals surface area (Å²) in [7, 11) is 0. The molecule has 0 aliphatic carbocycles. The van der Waals surface area contributed by atoms with Crippen molar-refractivity contribution in [3.8, 4) is 0 Å². The van der Waals surface area contributed by atoms with E-state index in [4.69, 9.17) is 4.74 Å². The molecule has 78 heavy (non-hydrogen) atoms. The van der Waals surface area contributed by atoms with E-state index in [-0.39, 0.29) is 18.5 Å². The molecule has 0 aliphatic heterocycles. The normalized spacial score (nSPS) is 12.6. The molecule has 0 saturated heterocycles. The minimum absolute atomic E-state index is 0.0181. The van der Waals surface area contributed by atoms with Gasteiger partial charge in [0.05, 0.1) is 25.4 Å².